The Balaban J connectivity index is 2.60. The lowest BCUT2D eigenvalue weighted by molar-refractivity contribution is 0.416. The number of hydrogen-bond acceptors (Lipinski definition) is 2. The SMILES string of the molecule is COc1ccc(C)cc1-c1cscc1C. The van der Waals surface area contributed by atoms with Crippen LogP contribution in [0.15, 0.2) is 29.0 Å². The van der Waals surface area contributed by atoms with Crippen LogP contribution in [0.5, 0.6) is 5.75 Å². The van der Waals surface area contributed by atoms with E-state index in [9.17, 15) is 0 Å². The average Bonchev–Trinajstić information content (AvgIpc) is 2.64. The van der Waals surface area contributed by atoms with E-state index in [1.807, 2.05) is 6.07 Å². The summed E-state index contributed by atoms with van der Waals surface area (Å²) in [6.45, 7) is 4.23. The second-order valence-corrected chi connectivity index (χ2v) is 4.42. The molecular weight excluding hydrogens is 204 g/mol. The lowest BCUT2D eigenvalue weighted by Crippen LogP contribution is -1.88. The molecule has 0 aliphatic carbocycles. The summed E-state index contributed by atoms with van der Waals surface area (Å²) in [6, 6.07) is 6.28. The summed E-state index contributed by atoms with van der Waals surface area (Å²) in [5.41, 5.74) is 5.04. The molecule has 0 N–H and O–H groups in total. The lowest BCUT2D eigenvalue weighted by Gasteiger charge is -2.09. The Morgan fingerprint density at radius 2 is 1.87 bits per heavy atom. The van der Waals surface area contributed by atoms with Crippen LogP contribution >= 0.6 is 11.3 Å². The van der Waals surface area contributed by atoms with Crippen molar-refractivity contribution >= 4 is 11.3 Å². The highest BCUT2D eigenvalue weighted by atomic mass is 32.1. The molecule has 0 unspecified atom stereocenters. The molecular formula is C13H14OS. The fourth-order valence-corrected chi connectivity index (χ4v) is 2.52. The predicted molar refractivity (Wildman–Crippen MR) is 65.8 cm³/mol. The zero-order chi connectivity index (χ0) is 10.8. The van der Waals surface area contributed by atoms with E-state index in [2.05, 4.69) is 36.7 Å². The van der Waals surface area contributed by atoms with Gasteiger partial charge in [-0.05, 0) is 47.9 Å². The molecule has 2 heteroatoms. The van der Waals surface area contributed by atoms with Crippen molar-refractivity contribution in [2.45, 2.75) is 13.8 Å². The van der Waals surface area contributed by atoms with Gasteiger partial charge in [-0.15, -0.1) is 0 Å². The summed E-state index contributed by atoms with van der Waals surface area (Å²) < 4.78 is 5.38. The quantitative estimate of drug-likeness (QED) is 0.739. The van der Waals surface area contributed by atoms with Crippen LogP contribution in [0.1, 0.15) is 11.1 Å². The largest absolute Gasteiger partial charge is 0.496 e. The molecule has 0 atom stereocenters. The van der Waals surface area contributed by atoms with Gasteiger partial charge >= 0.3 is 0 Å². The van der Waals surface area contributed by atoms with Crippen LogP contribution in [0.3, 0.4) is 0 Å². The van der Waals surface area contributed by atoms with E-state index >= 15 is 0 Å². The Morgan fingerprint density at radius 1 is 1.07 bits per heavy atom. The molecule has 0 amide bonds. The summed E-state index contributed by atoms with van der Waals surface area (Å²) >= 11 is 1.73. The van der Waals surface area contributed by atoms with E-state index < -0.39 is 0 Å². The van der Waals surface area contributed by atoms with Crippen LogP contribution in [0.2, 0.25) is 0 Å². The number of ether oxygens (including phenoxy) is 1. The molecule has 2 rings (SSSR count). The first-order valence-corrected chi connectivity index (χ1v) is 5.84. The van der Waals surface area contributed by atoms with Gasteiger partial charge in [-0.2, -0.15) is 11.3 Å². The summed E-state index contributed by atoms with van der Waals surface area (Å²) in [7, 11) is 1.72. The first-order valence-electron chi connectivity index (χ1n) is 4.90. The Kier molecular flexibility index (Phi) is 2.78. The molecule has 78 valence electrons. The molecule has 0 spiro atoms. The van der Waals surface area contributed by atoms with E-state index in [4.69, 9.17) is 4.74 Å². The molecule has 1 aromatic heterocycles. The van der Waals surface area contributed by atoms with Crippen LogP contribution in [0, 0.1) is 13.8 Å². The van der Waals surface area contributed by atoms with E-state index in [0.717, 1.165) is 5.75 Å². The minimum atomic E-state index is 0.946. The Hall–Kier alpha value is -1.28. The predicted octanol–water partition coefficient (Wildman–Crippen LogP) is 4.04. The number of hydrogen-bond donors (Lipinski definition) is 0. The van der Waals surface area contributed by atoms with Gasteiger partial charge in [-0.25, -0.2) is 0 Å². The Labute approximate surface area is 94.3 Å². The zero-order valence-electron chi connectivity index (χ0n) is 9.20. The van der Waals surface area contributed by atoms with E-state index in [1.165, 1.54) is 22.3 Å². The highest BCUT2D eigenvalue weighted by molar-refractivity contribution is 7.08. The Bertz CT molecular complexity index is 471. The molecule has 0 saturated carbocycles. The highest BCUT2D eigenvalue weighted by Gasteiger charge is 2.08. The van der Waals surface area contributed by atoms with Gasteiger partial charge in [0.15, 0.2) is 0 Å². The topological polar surface area (TPSA) is 9.23 Å². The molecule has 0 fully saturated rings. The number of methoxy groups -OCH3 is 1. The maximum atomic E-state index is 5.38. The summed E-state index contributed by atoms with van der Waals surface area (Å²) in [5, 5.41) is 4.34. The second kappa shape index (κ2) is 4.07. The third kappa shape index (κ3) is 1.90. The lowest BCUT2D eigenvalue weighted by atomic mass is 10.0. The van der Waals surface area contributed by atoms with Crippen LogP contribution in [-0.2, 0) is 0 Å². The highest BCUT2D eigenvalue weighted by Crippen LogP contribution is 2.34. The van der Waals surface area contributed by atoms with Crippen molar-refractivity contribution in [1.82, 2.24) is 0 Å². The first kappa shape index (κ1) is 10.2. The van der Waals surface area contributed by atoms with E-state index in [0.29, 0.717) is 0 Å². The smallest absolute Gasteiger partial charge is 0.126 e. The molecule has 1 aromatic carbocycles. The maximum Gasteiger partial charge on any atom is 0.126 e. The third-order valence-corrected chi connectivity index (χ3v) is 3.36. The van der Waals surface area contributed by atoms with Crippen molar-refractivity contribution in [3.63, 3.8) is 0 Å². The molecule has 2 aromatic rings. The summed E-state index contributed by atoms with van der Waals surface area (Å²) in [5.74, 6) is 0.946. The molecule has 1 nitrogen and oxygen atoms in total. The monoisotopic (exact) mass is 218 g/mol. The van der Waals surface area contributed by atoms with Crippen LogP contribution < -0.4 is 4.74 Å². The molecule has 15 heavy (non-hydrogen) atoms. The zero-order valence-corrected chi connectivity index (χ0v) is 10.0. The molecule has 0 bridgehead atoms. The van der Waals surface area contributed by atoms with Gasteiger partial charge in [0.25, 0.3) is 0 Å². The van der Waals surface area contributed by atoms with Gasteiger partial charge in [0, 0.05) is 5.56 Å². The van der Waals surface area contributed by atoms with E-state index in [1.54, 1.807) is 18.4 Å². The van der Waals surface area contributed by atoms with Crippen molar-refractivity contribution in [3.8, 4) is 16.9 Å². The standard InChI is InChI=1S/C13H14OS/c1-9-4-5-13(14-3)11(6-9)12-8-15-7-10(12)2/h4-8H,1-3H3. The van der Waals surface area contributed by atoms with Gasteiger partial charge in [0.1, 0.15) is 5.75 Å². The van der Waals surface area contributed by atoms with Gasteiger partial charge < -0.3 is 4.74 Å². The van der Waals surface area contributed by atoms with Crippen LogP contribution in [0.25, 0.3) is 11.1 Å². The molecule has 0 aliphatic heterocycles. The number of rotatable bonds is 2. The number of benzene rings is 1. The molecule has 0 radical (unpaired) electrons. The third-order valence-electron chi connectivity index (χ3n) is 2.50. The van der Waals surface area contributed by atoms with Crippen molar-refractivity contribution in [2.24, 2.45) is 0 Å². The number of thiophene rings is 1. The van der Waals surface area contributed by atoms with Crippen LogP contribution in [-0.4, -0.2) is 7.11 Å². The van der Waals surface area contributed by atoms with Crippen molar-refractivity contribution in [2.75, 3.05) is 7.11 Å². The van der Waals surface area contributed by atoms with Crippen molar-refractivity contribution in [1.29, 1.82) is 0 Å². The number of aryl methyl sites for hydroxylation is 2. The minimum Gasteiger partial charge on any atom is -0.496 e. The first-order chi connectivity index (χ1) is 7.22. The molecule has 1 heterocycles. The normalized spacial score (nSPS) is 10.3. The van der Waals surface area contributed by atoms with Gasteiger partial charge in [-0.1, -0.05) is 11.6 Å². The van der Waals surface area contributed by atoms with Gasteiger partial charge in [0.05, 0.1) is 7.11 Å². The van der Waals surface area contributed by atoms with Gasteiger partial charge in [-0.3, -0.25) is 0 Å². The average molecular weight is 218 g/mol. The summed E-state index contributed by atoms with van der Waals surface area (Å²) in [4.78, 5) is 0. The summed E-state index contributed by atoms with van der Waals surface area (Å²) in [6.07, 6.45) is 0. The van der Waals surface area contributed by atoms with Gasteiger partial charge in [0.2, 0.25) is 0 Å². The Morgan fingerprint density at radius 3 is 2.47 bits per heavy atom. The fourth-order valence-electron chi connectivity index (χ4n) is 1.67. The van der Waals surface area contributed by atoms with E-state index in [-0.39, 0.29) is 0 Å². The maximum absolute atomic E-state index is 5.38. The minimum absolute atomic E-state index is 0.946. The van der Waals surface area contributed by atoms with Crippen molar-refractivity contribution < 1.29 is 4.74 Å². The molecule has 0 aliphatic rings. The fraction of sp³-hybridized carbons (Fsp3) is 0.231. The second-order valence-electron chi connectivity index (χ2n) is 3.67. The van der Waals surface area contributed by atoms with Crippen molar-refractivity contribution in [3.05, 3.63) is 40.1 Å². The van der Waals surface area contributed by atoms with Crippen LogP contribution in [0.4, 0.5) is 0 Å². The molecule has 0 saturated heterocycles.